The number of carbonyl (C=O) groups excluding carboxylic acids is 1. The molecule has 0 saturated carbocycles. The van der Waals surface area contributed by atoms with Crippen LogP contribution < -0.4 is 5.06 Å². The summed E-state index contributed by atoms with van der Waals surface area (Å²) in [6.07, 6.45) is 2.97. The third-order valence-corrected chi connectivity index (χ3v) is 3.37. The fourth-order valence-corrected chi connectivity index (χ4v) is 2.24. The number of hydroxylamine groups is 1. The van der Waals surface area contributed by atoms with Gasteiger partial charge in [-0.15, -0.1) is 0 Å². The number of amides is 1. The van der Waals surface area contributed by atoms with Crippen LogP contribution in [0.4, 0.5) is 10.5 Å². The molecule has 1 aromatic carbocycles. The summed E-state index contributed by atoms with van der Waals surface area (Å²) in [7, 11) is 0. The molecule has 90 valence electrons. The van der Waals surface area contributed by atoms with E-state index < -0.39 is 0 Å². The van der Waals surface area contributed by atoms with Crippen LogP contribution in [0.3, 0.4) is 0 Å². The molecular weight excluding hydrogens is 216 g/mol. The average molecular weight is 232 g/mol. The van der Waals surface area contributed by atoms with E-state index in [0.29, 0.717) is 0 Å². The lowest BCUT2D eigenvalue weighted by Crippen LogP contribution is -2.46. The topological polar surface area (TPSA) is 32.8 Å². The number of fused-ring (bicyclic) bond motifs is 1. The van der Waals surface area contributed by atoms with Crippen LogP contribution >= 0.6 is 0 Å². The smallest absolute Gasteiger partial charge is 0.321 e. The lowest BCUT2D eigenvalue weighted by molar-refractivity contribution is 0.0697. The number of likely N-dealkylation sites (tertiary alicyclic amines) is 1. The molecule has 1 aromatic rings. The fourth-order valence-electron chi connectivity index (χ4n) is 2.24. The minimum absolute atomic E-state index is 0.215. The molecule has 0 radical (unpaired) electrons. The minimum atomic E-state index is -0.215. The summed E-state index contributed by atoms with van der Waals surface area (Å²) < 4.78 is 0. The number of rotatable bonds is 1. The highest BCUT2D eigenvalue weighted by molar-refractivity contribution is 5.70. The lowest BCUT2D eigenvalue weighted by atomic mass is 10.0. The van der Waals surface area contributed by atoms with Gasteiger partial charge in [0.1, 0.15) is 0 Å². The Morgan fingerprint density at radius 2 is 1.94 bits per heavy atom. The first-order valence-corrected chi connectivity index (χ1v) is 6.17. The van der Waals surface area contributed by atoms with Crippen LogP contribution in [0.1, 0.15) is 18.4 Å². The second-order valence-corrected chi connectivity index (χ2v) is 4.53. The Kier molecular flexibility index (Phi) is 2.63. The molecule has 3 rings (SSSR count). The molecule has 1 saturated heterocycles. The van der Waals surface area contributed by atoms with Gasteiger partial charge in [-0.25, -0.2) is 9.86 Å². The highest BCUT2D eigenvalue weighted by Crippen LogP contribution is 2.27. The van der Waals surface area contributed by atoms with Gasteiger partial charge in [0.25, 0.3) is 0 Å². The van der Waals surface area contributed by atoms with Crippen LogP contribution in [0.15, 0.2) is 24.3 Å². The average Bonchev–Trinajstić information content (AvgIpc) is 2.27. The van der Waals surface area contributed by atoms with Crippen molar-refractivity contribution >= 4 is 11.8 Å². The van der Waals surface area contributed by atoms with E-state index in [1.54, 1.807) is 9.96 Å². The van der Waals surface area contributed by atoms with E-state index in [-0.39, 0.29) is 6.09 Å². The van der Waals surface area contributed by atoms with Gasteiger partial charge in [0, 0.05) is 13.1 Å². The van der Waals surface area contributed by atoms with Gasteiger partial charge >= 0.3 is 6.09 Å². The molecule has 2 heterocycles. The Labute approximate surface area is 101 Å². The summed E-state index contributed by atoms with van der Waals surface area (Å²) in [5.74, 6) is 0. The molecule has 1 amide bonds. The van der Waals surface area contributed by atoms with E-state index in [1.807, 2.05) is 18.2 Å². The maximum absolute atomic E-state index is 11.8. The van der Waals surface area contributed by atoms with Crippen molar-refractivity contribution in [2.45, 2.75) is 19.3 Å². The normalized spacial score (nSPS) is 18.4. The van der Waals surface area contributed by atoms with Gasteiger partial charge in [-0.3, -0.25) is 0 Å². The number of carbonyl (C=O) groups is 1. The third kappa shape index (κ3) is 1.95. The summed E-state index contributed by atoms with van der Waals surface area (Å²) in [5.41, 5.74) is 2.29. The van der Waals surface area contributed by atoms with Crippen molar-refractivity contribution in [2.75, 3.05) is 24.7 Å². The van der Waals surface area contributed by atoms with Gasteiger partial charge in [0.15, 0.2) is 0 Å². The van der Waals surface area contributed by atoms with E-state index in [2.05, 4.69) is 6.07 Å². The molecule has 1 fully saturated rings. The van der Waals surface area contributed by atoms with Crippen LogP contribution in [0.25, 0.3) is 0 Å². The summed E-state index contributed by atoms with van der Waals surface area (Å²) in [5, 5.41) is 1.74. The van der Waals surface area contributed by atoms with Crippen molar-refractivity contribution in [3.63, 3.8) is 0 Å². The largest absolute Gasteiger partial charge is 0.434 e. The molecule has 2 aliphatic rings. The molecule has 17 heavy (non-hydrogen) atoms. The summed E-state index contributed by atoms with van der Waals surface area (Å²) in [6.45, 7) is 2.44. The van der Waals surface area contributed by atoms with Crippen molar-refractivity contribution in [2.24, 2.45) is 0 Å². The molecule has 2 aliphatic heterocycles. The number of hydrogen-bond donors (Lipinski definition) is 0. The van der Waals surface area contributed by atoms with Crippen molar-refractivity contribution in [1.29, 1.82) is 0 Å². The number of anilines is 1. The molecule has 0 N–H and O–H groups in total. The molecule has 0 atom stereocenters. The van der Waals surface area contributed by atoms with Gasteiger partial charge in [-0.1, -0.05) is 18.2 Å². The molecule has 0 aliphatic carbocycles. The number of benzene rings is 1. The van der Waals surface area contributed by atoms with Crippen LogP contribution in [0.5, 0.6) is 0 Å². The Hall–Kier alpha value is -1.71. The van der Waals surface area contributed by atoms with E-state index in [0.717, 1.165) is 44.6 Å². The standard InChI is InChI=1S/C13H16N2O2/c16-13(14-8-4-9-14)17-15-10-3-6-11-5-1-2-7-12(11)15/h1-2,5,7H,3-4,6,8-10H2. The molecule has 4 nitrogen and oxygen atoms in total. The first kappa shape index (κ1) is 10.4. The van der Waals surface area contributed by atoms with Crippen molar-refractivity contribution in [3.8, 4) is 0 Å². The van der Waals surface area contributed by atoms with Crippen LogP contribution in [0, 0.1) is 0 Å². The first-order valence-electron chi connectivity index (χ1n) is 6.17. The minimum Gasteiger partial charge on any atom is -0.321 e. The first-order chi connectivity index (χ1) is 8.34. The van der Waals surface area contributed by atoms with E-state index >= 15 is 0 Å². The van der Waals surface area contributed by atoms with Crippen molar-refractivity contribution in [1.82, 2.24) is 4.90 Å². The maximum Gasteiger partial charge on any atom is 0.434 e. The molecular formula is C13H16N2O2. The predicted molar refractivity (Wildman–Crippen MR) is 64.8 cm³/mol. The predicted octanol–water partition coefficient (Wildman–Crippen LogP) is 2.20. The zero-order chi connectivity index (χ0) is 11.7. The Bertz CT molecular complexity index is 429. The second-order valence-electron chi connectivity index (χ2n) is 4.53. The SMILES string of the molecule is O=C(ON1CCCc2ccccc21)N1CCC1. The molecule has 0 unspecified atom stereocenters. The molecule has 4 heteroatoms. The number of para-hydroxylation sites is 1. The van der Waals surface area contributed by atoms with Gasteiger partial charge < -0.3 is 9.74 Å². The maximum atomic E-state index is 11.8. The Balaban J connectivity index is 1.73. The van der Waals surface area contributed by atoms with Crippen LogP contribution in [0.2, 0.25) is 0 Å². The molecule has 0 bridgehead atoms. The summed E-state index contributed by atoms with van der Waals surface area (Å²) in [6, 6.07) is 8.12. The van der Waals surface area contributed by atoms with E-state index in [9.17, 15) is 4.79 Å². The van der Waals surface area contributed by atoms with Crippen molar-refractivity contribution in [3.05, 3.63) is 29.8 Å². The quantitative estimate of drug-likeness (QED) is 0.744. The molecule has 0 aromatic heterocycles. The van der Waals surface area contributed by atoms with E-state index in [1.165, 1.54) is 5.56 Å². The number of hydrogen-bond acceptors (Lipinski definition) is 3. The number of aryl methyl sites for hydroxylation is 1. The lowest BCUT2D eigenvalue weighted by Gasteiger charge is -2.34. The number of nitrogens with zero attached hydrogens (tertiary/aromatic N) is 2. The van der Waals surface area contributed by atoms with Crippen molar-refractivity contribution < 1.29 is 9.63 Å². The highest BCUT2D eigenvalue weighted by atomic mass is 16.7. The monoisotopic (exact) mass is 232 g/mol. The second kappa shape index (κ2) is 4.28. The molecule has 0 spiro atoms. The van der Waals surface area contributed by atoms with Crippen LogP contribution in [-0.2, 0) is 11.3 Å². The summed E-state index contributed by atoms with van der Waals surface area (Å²) in [4.78, 5) is 18.9. The van der Waals surface area contributed by atoms with Crippen LogP contribution in [-0.4, -0.2) is 30.6 Å². The Morgan fingerprint density at radius 1 is 1.12 bits per heavy atom. The summed E-state index contributed by atoms with van der Waals surface area (Å²) >= 11 is 0. The fraction of sp³-hybridized carbons (Fsp3) is 0.462. The van der Waals surface area contributed by atoms with E-state index in [4.69, 9.17) is 4.84 Å². The van der Waals surface area contributed by atoms with Gasteiger partial charge in [-0.2, -0.15) is 0 Å². The van der Waals surface area contributed by atoms with Gasteiger partial charge in [-0.05, 0) is 30.9 Å². The third-order valence-electron chi connectivity index (χ3n) is 3.37. The van der Waals surface area contributed by atoms with Gasteiger partial charge in [0.05, 0.1) is 12.2 Å². The zero-order valence-corrected chi connectivity index (χ0v) is 9.76. The Morgan fingerprint density at radius 3 is 2.71 bits per heavy atom. The highest BCUT2D eigenvalue weighted by Gasteiger charge is 2.26. The van der Waals surface area contributed by atoms with Gasteiger partial charge in [0.2, 0.25) is 0 Å². The zero-order valence-electron chi connectivity index (χ0n) is 9.76.